The van der Waals surface area contributed by atoms with Crippen molar-refractivity contribution in [3.05, 3.63) is 89.5 Å². The zero-order valence-electron chi connectivity index (χ0n) is 25.5. The number of nitrogens with one attached hydrogen (secondary N) is 1. The maximum atomic E-state index is 14.3. The van der Waals surface area contributed by atoms with Gasteiger partial charge in [-0.25, -0.2) is 8.42 Å². The Morgan fingerprint density at radius 3 is 2.02 bits per heavy atom. The SMILES string of the molecule is CCOc1ccccc1N(CC(=O)N(Cc1ccc(C)cc1)[C@@H](CC)C(=O)N[C@H](C)CC)S(=O)(=O)c1ccc(C)cc1. The predicted octanol–water partition coefficient (Wildman–Crippen LogP) is 5.62. The number of carbonyl (C=O) groups excluding carboxylic acids is 2. The molecule has 0 aliphatic heterocycles. The Balaban J connectivity index is 2.10. The normalized spacial score (nSPS) is 12.7. The number of nitrogens with zero attached hydrogens (tertiary/aromatic N) is 2. The van der Waals surface area contributed by atoms with Crippen LogP contribution in [0.5, 0.6) is 5.75 Å². The molecule has 0 fully saturated rings. The number of ether oxygens (including phenoxy) is 1. The maximum Gasteiger partial charge on any atom is 0.264 e. The van der Waals surface area contributed by atoms with E-state index >= 15 is 0 Å². The second-order valence-corrected chi connectivity index (χ2v) is 12.3. The highest BCUT2D eigenvalue weighted by molar-refractivity contribution is 7.92. The summed E-state index contributed by atoms with van der Waals surface area (Å²) in [6.07, 6.45) is 1.10. The van der Waals surface area contributed by atoms with Crippen molar-refractivity contribution in [1.82, 2.24) is 10.2 Å². The van der Waals surface area contributed by atoms with Crippen molar-refractivity contribution in [2.24, 2.45) is 0 Å². The Morgan fingerprint density at radius 1 is 0.857 bits per heavy atom. The van der Waals surface area contributed by atoms with Crippen LogP contribution in [-0.4, -0.2) is 50.4 Å². The number of carbonyl (C=O) groups is 2. The van der Waals surface area contributed by atoms with Crippen LogP contribution >= 0.6 is 0 Å². The molecule has 0 aliphatic rings. The van der Waals surface area contributed by atoms with Gasteiger partial charge in [0.05, 0.1) is 17.2 Å². The number of anilines is 1. The Morgan fingerprint density at radius 2 is 1.45 bits per heavy atom. The standard InChI is InChI=1S/C33H43N3O5S/c1-7-26(6)34-33(38)29(8-2)35(22-27-18-14-24(4)15-19-27)32(37)23-36(30-12-10-11-13-31(30)41-9-3)42(39,40)28-20-16-25(5)17-21-28/h10-21,26,29H,7-9,22-23H2,1-6H3,(H,34,38)/t26-,29+/m1/s1. The van der Waals surface area contributed by atoms with Gasteiger partial charge in [-0.1, -0.05) is 73.5 Å². The van der Waals surface area contributed by atoms with Gasteiger partial charge in [-0.05, 0) is 70.4 Å². The van der Waals surface area contributed by atoms with Gasteiger partial charge < -0.3 is 15.0 Å². The molecule has 3 aromatic rings. The number of hydrogen-bond donors (Lipinski definition) is 1. The van der Waals surface area contributed by atoms with Crippen molar-refractivity contribution < 1.29 is 22.7 Å². The number of aryl methyl sites for hydroxylation is 2. The summed E-state index contributed by atoms with van der Waals surface area (Å²) >= 11 is 0. The van der Waals surface area contributed by atoms with E-state index in [4.69, 9.17) is 4.74 Å². The average molecular weight is 594 g/mol. The van der Waals surface area contributed by atoms with Crippen LogP contribution in [-0.2, 0) is 26.2 Å². The third-order valence-corrected chi connectivity index (χ3v) is 8.96. The number of amides is 2. The highest BCUT2D eigenvalue weighted by atomic mass is 32.2. The van der Waals surface area contributed by atoms with Crippen LogP contribution in [0.1, 0.15) is 57.2 Å². The molecule has 0 bridgehead atoms. The minimum atomic E-state index is -4.19. The van der Waals surface area contributed by atoms with Gasteiger partial charge in [-0.15, -0.1) is 0 Å². The van der Waals surface area contributed by atoms with Crippen molar-refractivity contribution in [2.75, 3.05) is 17.5 Å². The first kappa shape index (κ1) is 32.7. The van der Waals surface area contributed by atoms with Gasteiger partial charge in [-0.3, -0.25) is 13.9 Å². The van der Waals surface area contributed by atoms with E-state index in [1.54, 1.807) is 36.4 Å². The number of rotatable bonds is 14. The van der Waals surface area contributed by atoms with E-state index in [0.29, 0.717) is 18.8 Å². The predicted molar refractivity (Wildman–Crippen MR) is 167 cm³/mol. The highest BCUT2D eigenvalue weighted by Gasteiger charge is 2.35. The van der Waals surface area contributed by atoms with Crippen LogP contribution in [0.3, 0.4) is 0 Å². The van der Waals surface area contributed by atoms with Crippen molar-refractivity contribution in [1.29, 1.82) is 0 Å². The molecular weight excluding hydrogens is 550 g/mol. The van der Waals surface area contributed by atoms with E-state index in [-0.39, 0.29) is 29.1 Å². The lowest BCUT2D eigenvalue weighted by atomic mass is 10.1. The molecule has 3 aromatic carbocycles. The van der Waals surface area contributed by atoms with Crippen molar-refractivity contribution in [3.8, 4) is 5.75 Å². The van der Waals surface area contributed by atoms with E-state index in [1.807, 2.05) is 65.8 Å². The van der Waals surface area contributed by atoms with Crippen LogP contribution in [0.2, 0.25) is 0 Å². The van der Waals surface area contributed by atoms with E-state index < -0.39 is 28.5 Å². The van der Waals surface area contributed by atoms with Gasteiger partial charge in [0.1, 0.15) is 18.3 Å². The highest BCUT2D eigenvalue weighted by Crippen LogP contribution is 2.33. The van der Waals surface area contributed by atoms with E-state index in [2.05, 4.69) is 5.32 Å². The monoisotopic (exact) mass is 593 g/mol. The molecular formula is C33H43N3O5S. The number of hydrogen-bond acceptors (Lipinski definition) is 5. The molecule has 0 heterocycles. The molecule has 0 aromatic heterocycles. The summed E-state index contributed by atoms with van der Waals surface area (Å²) in [5, 5.41) is 3.00. The Bertz CT molecular complexity index is 1440. The third-order valence-electron chi connectivity index (χ3n) is 7.18. The zero-order valence-corrected chi connectivity index (χ0v) is 26.3. The summed E-state index contributed by atoms with van der Waals surface area (Å²) < 4.78 is 35.1. The van der Waals surface area contributed by atoms with Crippen LogP contribution in [0.15, 0.2) is 77.7 Å². The Hall–Kier alpha value is -3.85. The van der Waals surface area contributed by atoms with Crippen LogP contribution in [0.4, 0.5) is 5.69 Å². The zero-order chi connectivity index (χ0) is 30.9. The summed E-state index contributed by atoms with van der Waals surface area (Å²) in [4.78, 5) is 29.2. The first-order chi connectivity index (χ1) is 20.0. The lowest BCUT2D eigenvalue weighted by molar-refractivity contribution is -0.140. The fourth-order valence-electron chi connectivity index (χ4n) is 4.54. The molecule has 3 rings (SSSR count). The van der Waals surface area contributed by atoms with Crippen LogP contribution in [0.25, 0.3) is 0 Å². The molecule has 226 valence electrons. The number of benzene rings is 3. The van der Waals surface area contributed by atoms with Gasteiger partial charge in [0, 0.05) is 12.6 Å². The van der Waals surface area contributed by atoms with E-state index in [0.717, 1.165) is 27.4 Å². The van der Waals surface area contributed by atoms with Gasteiger partial charge in [0.25, 0.3) is 10.0 Å². The van der Waals surface area contributed by atoms with Crippen molar-refractivity contribution >= 4 is 27.5 Å². The minimum absolute atomic E-state index is 0.0545. The van der Waals surface area contributed by atoms with Gasteiger partial charge in [-0.2, -0.15) is 0 Å². The first-order valence-corrected chi connectivity index (χ1v) is 15.9. The Labute approximate surface area is 250 Å². The van der Waals surface area contributed by atoms with E-state index in [1.165, 1.54) is 17.0 Å². The van der Waals surface area contributed by atoms with Gasteiger partial charge >= 0.3 is 0 Å². The molecule has 0 unspecified atom stereocenters. The molecule has 2 amide bonds. The van der Waals surface area contributed by atoms with Crippen molar-refractivity contribution in [3.63, 3.8) is 0 Å². The average Bonchev–Trinajstić information content (AvgIpc) is 2.97. The molecule has 0 spiro atoms. The fourth-order valence-corrected chi connectivity index (χ4v) is 5.97. The maximum absolute atomic E-state index is 14.3. The number of para-hydroxylation sites is 2. The van der Waals surface area contributed by atoms with Gasteiger partial charge in [0.15, 0.2) is 0 Å². The molecule has 2 atom stereocenters. The topological polar surface area (TPSA) is 96.0 Å². The molecule has 8 nitrogen and oxygen atoms in total. The molecule has 0 radical (unpaired) electrons. The second-order valence-electron chi connectivity index (χ2n) is 10.5. The van der Waals surface area contributed by atoms with Crippen molar-refractivity contribution in [2.45, 2.75) is 77.9 Å². The van der Waals surface area contributed by atoms with Gasteiger partial charge in [0.2, 0.25) is 11.8 Å². The summed E-state index contributed by atoms with van der Waals surface area (Å²) in [5.41, 5.74) is 3.07. The van der Waals surface area contributed by atoms with Crippen LogP contribution < -0.4 is 14.4 Å². The third kappa shape index (κ3) is 8.12. The first-order valence-electron chi connectivity index (χ1n) is 14.5. The largest absolute Gasteiger partial charge is 0.492 e. The smallest absolute Gasteiger partial charge is 0.264 e. The summed E-state index contributed by atoms with van der Waals surface area (Å²) in [6.45, 7) is 11.4. The summed E-state index contributed by atoms with van der Waals surface area (Å²) in [6, 6.07) is 20.1. The molecule has 42 heavy (non-hydrogen) atoms. The van der Waals surface area contributed by atoms with Crippen LogP contribution in [0, 0.1) is 13.8 Å². The molecule has 9 heteroatoms. The second kappa shape index (κ2) is 14.9. The lowest BCUT2D eigenvalue weighted by Crippen LogP contribution is -2.53. The quantitative estimate of drug-likeness (QED) is 0.262. The molecule has 1 N–H and O–H groups in total. The fraction of sp³-hybridized carbons (Fsp3) is 0.394. The minimum Gasteiger partial charge on any atom is -0.492 e. The summed E-state index contributed by atoms with van der Waals surface area (Å²) in [7, 11) is -4.19. The summed E-state index contributed by atoms with van der Waals surface area (Å²) in [5.74, 6) is -0.422. The molecule has 0 saturated carbocycles. The molecule has 0 saturated heterocycles. The number of sulfonamides is 1. The lowest BCUT2D eigenvalue weighted by Gasteiger charge is -2.34. The molecule has 0 aliphatic carbocycles. The Kier molecular flexibility index (Phi) is 11.6. The van der Waals surface area contributed by atoms with E-state index in [9.17, 15) is 18.0 Å².